The van der Waals surface area contributed by atoms with E-state index in [0.717, 1.165) is 12.3 Å². The molecule has 0 aliphatic heterocycles. The van der Waals surface area contributed by atoms with Crippen LogP contribution in [0.4, 0.5) is 5.69 Å². The van der Waals surface area contributed by atoms with E-state index in [0.29, 0.717) is 17.1 Å². The van der Waals surface area contributed by atoms with Crippen LogP contribution in [0.3, 0.4) is 0 Å². The van der Waals surface area contributed by atoms with Gasteiger partial charge in [0.25, 0.3) is 5.69 Å². The number of hydrazone groups is 1. The number of halogens is 1. The van der Waals surface area contributed by atoms with Crippen molar-refractivity contribution in [3.63, 3.8) is 0 Å². The number of nitrogens with one attached hydrogen (secondary N) is 1. The van der Waals surface area contributed by atoms with E-state index in [4.69, 9.17) is 9.47 Å². The first-order chi connectivity index (χ1) is 12.8. The number of rotatable bonds is 7. The summed E-state index contributed by atoms with van der Waals surface area (Å²) in [5.41, 5.74) is 2.85. The van der Waals surface area contributed by atoms with Crippen LogP contribution in [-0.2, 0) is 11.2 Å². The van der Waals surface area contributed by atoms with Gasteiger partial charge in [0.05, 0.1) is 36.3 Å². The van der Waals surface area contributed by atoms with Crippen molar-refractivity contribution in [1.82, 2.24) is 5.43 Å². The molecule has 2 aromatic carbocycles. The zero-order valence-electron chi connectivity index (χ0n) is 14.4. The Morgan fingerprint density at radius 2 is 2.00 bits per heavy atom. The number of nitro groups is 1. The summed E-state index contributed by atoms with van der Waals surface area (Å²) in [6.45, 7) is 0. The lowest BCUT2D eigenvalue weighted by molar-refractivity contribution is -0.385. The van der Waals surface area contributed by atoms with E-state index in [9.17, 15) is 20.0 Å². The van der Waals surface area contributed by atoms with Crippen molar-refractivity contribution in [1.29, 1.82) is 0 Å². The van der Waals surface area contributed by atoms with Gasteiger partial charge in [0.1, 0.15) is 5.75 Å². The van der Waals surface area contributed by atoms with E-state index in [1.54, 1.807) is 18.2 Å². The molecule has 142 valence electrons. The van der Waals surface area contributed by atoms with Crippen molar-refractivity contribution < 1.29 is 24.3 Å². The summed E-state index contributed by atoms with van der Waals surface area (Å²) < 4.78 is 10.5. The Kier molecular flexibility index (Phi) is 6.72. The second-order valence-corrected chi connectivity index (χ2v) is 6.14. The van der Waals surface area contributed by atoms with Gasteiger partial charge in [-0.3, -0.25) is 14.9 Å². The predicted octanol–water partition coefficient (Wildman–Crippen LogP) is 2.77. The Labute approximate surface area is 162 Å². The van der Waals surface area contributed by atoms with Crippen molar-refractivity contribution in [3.8, 4) is 17.2 Å². The standard InChI is InChI=1S/C17H16BrN3O6/c1-26-14-4-3-10(5-15(14)27-2)6-16(22)20-19-9-11-7-12(21(24)25)8-13(18)17(11)23/h3-5,7-9,23H,6H2,1-2H3,(H,20,22)/b19-9+. The van der Waals surface area contributed by atoms with E-state index in [1.807, 2.05) is 0 Å². The molecule has 27 heavy (non-hydrogen) atoms. The number of carbonyl (C=O) groups excluding carboxylic acids is 1. The third-order valence-electron chi connectivity index (χ3n) is 3.49. The van der Waals surface area contributed by atoms with Crippen LogP contribution in [-0.4, -0.2) is 36.4 Å². The van der Waals surface area contributed by atoms with Crippen LogP contribution in [0.25, 0.3) is 0 Å². The van der Waals surface area contributed by atoms with Crippen LogP contribution in [0.15, 0.2) is 39.9 Å². The van der Waals surface area contributed by atoms with Crippen molar-refractivity contribution in [2.75, 3.05) is 14.2 Å². The smallest absolute Gasteiger partial charge is 0.271 e. The molecule has 10 heteroatoms. The topological polar surface area (TPSA) is 123 Å². The summed E-state index contributed by atoms with van der Waals surface area (Å²) in [7, 11) is 3.01. The van der Waals surface area contributed by atoms with Gasteiger partial charge in [-0.2, -0.15) is 5.10 Å². The summed E-state index contributed by atoms with van der Waals surface area (Å²) in [6, 6.07) is 7.38. The molecule has 0 fully saturated rings. The molecule has 0 unspecified atom stereocenters. The first-order valence-electron chi connectivity index (χ1n) is 7.55. The van der Waals surface area contributed by atoms with Crippen LogP contribution in [0.1, 0.15) is 11.1 Å². The minimum Gasteiger partial charge on any atom is -0.506 e. The van der Waals surface area contributed by atoms with E-state index >= 15 is 0 Å². The second-order valence-electron chi connectivity index (χ2n) is 5.28. The number of hydrogen-bond donors (Lipinski definition) is 2. The molecule has 1 amide bonds. The zero-order valence-corrected chi connectivity index (χ0v) is 16.0. The molecule has 0 aliphatic rings. The molecule has 0 heterocycles. The number of methoxy groups -OCH3 is 2. The first-order valence-corrected chi connectivity index (χ1v) is 8.34. The minimum atomic E-state index is -0.600. The maximum Gasteiger partial charge on any atom is 0.271 e. The highest BCUT2D eigenvalue weighted by molar-refractivity contribution is 9.10. The predicted molar refractivity (Wildman–Crippen MR) is 101 cm³/mol. The molecule has 9 nitrogen and oxygen atoms in total. The molecule has 0 spiro atoms. The van der Waals surface area contributed by atoms with Crippen molar-refractivity contribution in [3.05, 3.63) is 56.0 Å². The van der Waals surface area contributed by atoms with Crippen molar-refractivity contribution in [2.24, 2.45) is 5.10 Å². The number of nitrogens with zero attached hydrogens (tertiary/aromatic N) is 2. The van der Waals surface area contributed by atoms with Crippen LogP contribution in [0.5, 0.6) is 17.2 Å². The molecule has 0 saturated heterocycles. The number of nitro benzene ring substituents is 1. The Balaban J connectivity index is 2.06. The van der Waals surface area contributed by atoms with Crippen LogP contribution in [0, 0.1) is 10.1 Å². The number of hydrogen-bond acceptors (Lipinski definition) is 7. The lowest BCUT2D eigenvalue weighted by Gasteiger charge is -2.09. The summed E-state index contributed by atoms with van der Waals surface area (Å²) in [6.07, 6.45) is 1.15. The fourth-order valence-electron chi connectivity index (χ4n) is 2.20. The Bertz CT molecular complexity index is 900. The summed E-state index contributed by atoms with van der Waals surface area (Å²) in [4.78, 5) is 22.3. The van der Waals surface area contributed by atoms with E-state index < -0.39 is 10.8 Å². The van der Waals surface area contributed by atoms with Gasteiger partial charge in [0.15, 0.2) is 11.5 Å². The molecule has 2 N–H and O–H groups in total. The average molecular weight is 438 g/mol. The number of phenols is 1. The van der Waals surface area contributed by atoms with Crippen molar-refractivity contribution >= 4 is 33.7 Å². The minimum absolute atomic E-state index is 0.0301. The molecule has 0 atom stereocenters. The lowest BCUT2D eigenvalue weighted by Crippen LogP contribution is -2.19. The fraction of sp³-hybridized carbons (Fsp3) is 0.176. The van der Waals surface area contributed by atoms with Crippen LogP contribution >= 0.6 is 15.9 Å². The zero-order chi connectivity index (χ0) is 20.0. The maximum absolute atomic E-state index is 12.0. The highest BCUT2D eigenvalue weighted by atomic mass is 79.9. The number of amides is 1. The van der Waals surface area contributed by atoms with Gasteiger partial charge < -0.3 is 14.6 Å². The summed E-state index contributed by atoms with van der Waals surface area (Å²) in [5.74, 6) is 0.407. The number of aromatic hydroxyl groups is 1. The molecular formula is C17H16BrN3O6. The fourth-order valence-corrected chi connectivity index (χ4v) is 2.66. The average Bonchev–Trinajstić information content (AvgIpc) is 2.64. The number of carbonyl (C=O) groups is 1. The van der Waals surface area contributed by atoms with Gasteiger partial charge in [-0.1, -0.05) is 6.07 Å². The summed E-state index contributed by atoms with van der Waals surface area (Å²) >= 11 is 3.03. The number of non-ortho nitro benzene ring substituents is 1. The molecule has 2 rings (SSSR count). The maximum atomic E-state index is 12.0. The molecule has 0 radical (unpaired) electrons. The monoisotopic (exact) mass is 437 g/mol. The summed E-state index contributed by atoms with van der Waals surface area (Å²) in [5, 5.41) is 24.5. The first kappa shape index (κ1) is 20.2. The molecule has 2 aromatic rings. The molecule has 0 aromatic heterocycles. The van der Waals surface area contributed by atoms with Gasteiger partial charge in [-0.05, 0) is 33.6 Å². The Morgan fingerprint density at radius 1 is 1.30 bits per heavy atom. The van der Waals surface area contributed by atoms with Gasteiger partial charge in [-0.15, -0.1) is 0 Å². The highest BCUT2D eigenvalue weighted by Gasteiger charge is 2.14. The second kappa shape index (κ2) is 8.99. The van der Waals surface area contributed by atoms with Crippen LogP contribution < -0.4 is 14.9 Å². The van der Waals surface area contributed by atoms with Gasteiger partial charge in [-0.25, -0.2) is 5.43 Å². The number of phenolic OH excluding ortho intramolecular Hbond substituents is 1. The molecule has 0 bridgehead atoms. The van der Waals surface area contributed by atoms with Crippen molar-refractivity contribution in [2.45, 2.75) is 6.42 Å². The molecule has 0 aliphatic carbocycles. The van der Waals surface area contributed by atoms with Gasteiger partial charge in [0, 0.05) is 17.7 Å². The van der Waals surface area contributed by atoms with E-state index in [-0.39, 0.29) is 27.9 Å². The Hall–Kier alpha value is -3.14. The van der Waals surface area contributed by atoms with E-state index in [1.165, 1.54) is 20.3 Å². The van der Waals surface area contributed by atoms with Gasteiger partial charge >= 0.3 is 0 Å². The van der Waals surface area contributed by atoms with Crippen LogP contribution in [0.2, 0.25) is 0 Å². The van der Waals surface area contributed by atoms with E-state index in [2.05, 4.69) is 26.5 Å². The third kappa shape index (κ3) is 5.17. The van der Waals surface area contributed by atoms with Gasteiger partial charge in [0.2, 0.25) is 5.91 Å². The normalized spacial score (nSPS) is 10.6. The molecule has 0 saturated carbocycles. The SMILES string of the molecule is COc1ccc(CC(=O)N/N=C/c2cc([N+](=O)[O-])cc(Br)c2O)cc1OC. The largest absolute Gasteiger partial charge is 0.506 e. The lowest BCUT2D eigenvalue weighted by atomic mass is 10.1. The molecular weight excluding hydrogens is 422 g/mol. The highest BCUT2D eigenvalue weighted by Crippen LogP contribution is 2.31. The quantitative estimate of drug-likeness (QED) is 0.389. The third-order valence-corrected chi connectivity index (χ3v) is 4.10. The number of benzene rings is 2. The number of ether oxygens (including phenoxy) is 2. The Morgan fingerprint density at radius 3 is 2.63 bits per heavy atom.